The second-order valence-electron chi connectivity index (χ2n) is 4.59. The van der Waals surface area contributed by atoms with Crippen molar-refractivity contribution in [3.8, 4) is 0 Å². The summed E-state index contributed by atoms with van der Waals surface area (Å²) < 4.78 is 64.0. The average molecular weight is 443 g/mol. The minimum atomic E-state index is -4.18. The van der Waals surface area contributed by atoms with E-state index in [1.165, 1.54) is 18.2 Å². The summed E-state index contributed by atoms with van der Waals surface area (Å²) in [5.41, 5.74) is -0.480. The van der Waals surface area contributed by atoms with Crippen LogP contribution in [0.4, 0.5) is 10.1 Å². The standard InChI is InChI=1S/C13H10BrClFNO4S2/c1-22(18,19)9-3-4-11(16)12(7-9)17-23(20,21)13-5-2-8(14)6-10(13)15/h2-7,17H,1H3. The number of sulfonamides is 1. The number of sulfone groups is 1. The molecule has 0 unspecified atom stereocenters. The molecule has 0 spiro atoms. The number of nitrogens with one attached hydrogen (secondary N) is 1. The minimum absolute atomic E-state index is 0.0634. The van der Waals surface area contributed by atoms with Gasteiger partial charge in [-0.3, -0.25) is 4.72 Å². The Bertz CT molecular complexity index is 977. The fourth-order valence-electron chi connectivity index (χ4n) is 1.71. The van der Waals surface area contributed by atoms with Crippen molar-refractivity contribution in [1.82, 2.24) is 0 Å². The van der Waals surface area contributed by atoms with Gasteiger partial charge in [-0.15, -0.1) is 0 Å². The molecule has 10 heteroatoms. The van der Waals surface area contributed by atoms with Gasteiger partial charge >= 0.3 is 0 Å². The van der Waals surface area contributed by atoms with Crippen LogP contribution in [0.25, 0.3) is 0 Å². The highest BCUT2D eigenvalue weighted by Crippen LogP contribution is 2.28. The summed E-state index contributed by atoms with van der Waals surface area (Å²) in [5.74, 6) is -0.908. The highest BCUT2D eigenvalue weighted by atomic mass is 79.9. The molecule has 2 rings (SSSR count). The van der Waals surface area contributed by atoms with Crippen molar-refractivity contribution >= 4 is 53.1 Å². The lowest BCUT2D eigenvalue weighted by molar-refractivity contribution is 0.595. The molecule has 0 aliphatic rings. The van der Waals surface area contributed by atoms with Crippen LogP contribution >= 0.6 is 27.5 Å². The van der Waals surface area contributed by atoms with E-state index in [1.54, 1.807) is 0 Å². The van der Waals surface area contributed by atoms with Gasteiger partial charge in [-0.2, -0.15) is 0 Å². The van der Waals surface area contributed by atoms with Crippen molar-refractivity contribution in [2.75, 3.05) is 11.0 Å². The molecule has 2 aromatic rings. The zero-order chi connectivity index (χ0) is 17.4. The summed E-state index contributed by atoms with van der Waals surface area (Å²) in [6.45, 7) is 0. The number of rotatable bonds is 4. The van der Waals surface area contributed by atoms with Crippen LogP contribution in [-0.4, -0.2) is 23.1 Å². The van der Waals surface area contributed by atoms with Crippen molar-refractivity contribution in [1.29, 1.82) is 0 Å². The minimum Gasteiger partial charge on any atom is -0.277 e. The van der Waals surface area contributed by atoms with Crippen molar-refractivity contribution < 1.29 is 21.2 Å². The molecule has 1 N–H and O–H groups in total. The monoisotopic (exact) mass is 441 g/mol. The summed E-state index contributed by atoms with van der Waals surface area (Å²) in [6, 6.07) is 6.91. The largest absolute Gasteiger partial charge is 0.277 e. The van der Waals surface area contributed by atoms with Crippen molar-refractivity contribution in [3.05, 3.63) is 51.7 Å². The lowest BCUT2D eigenvalue weighted by atomic mass is 10.3. The van der Waals surface area contributed by atoms with Crippen LogP contribution < -0.4 is 4.72 Å². The fourth-order valence-corrected chi connectivity index (χ4v) is 4.45. The molecule has 0 bridgehead atoms. The lowest BCUT2D eigenvalue weighted by Crippen LogP contribution is -2.15. The summed E-state index contributed by atoms with van der Waals surface area (Å²) in [5, 5.41) is -0.0634. The molecule has 0 radical (unpaired) electrons. The van der Waals surface area contributed by atoms with Crippen molar-refractivity contribution in [3.63, 3.8) is 0 Å². The van der Waals surface area contributed by atoms with E-state index < -0.39 is 31.4 Å². The van der Waals surface area contributed by atoms with E-state index in [0.717, 1.165) is 24.5 Å². The molecule has 0 fully saturated rings. The van der Waals surface area contributed by atoms with E-state index >= 15 is 0 Å². The molecule has 0 saturated heterocycles. The van der Waals surface area contributed by atoms with E-state index in [-0.39, 0.29) is 14.8 Å². The number of halogens is 3. The van der Waals surface area contributed by atoms with Gasteiger partial charge in [-0.1, -0.05) is 27.5 Å². The smallest absolute Gasteiger partial charge is 0.263 e. The first-order valence-electron chi connectivity index (χ1n) is 5.98. The van der Waals surface area contributed by atoms with E-state index in [4.69, 9.17) is 11.6 Å². The Morgan fingerprint density at radius 1 is 1.09 bits per heavy atom. The summed E-state index contributed by atoms with van der Waals surface area (Å²) >= 11 is 9.03. The molecular formula is C13H10BrClFNO4S2. The van der Waals surface area contributed by atoms with Crippen LogP contribution in [0.5, 0.6) is 0 Å². The van der Waals surface area contributed by atoms with E-state index in [2.05, 4.69) is 15.9 Å². The van der Waals surface area contributed by atoms with Crippen molar-refractivity contribution in [2.24, 2.45) is 0 Å². The quantitative estimate of drug-likeness (QED) is 0.736. The predicted molar refractivity (Wildman–Crippen MR) is 89.5 cm³/mol. The summed E-state index contributed by atoms with van der Waals surface area (Å²) in [7, 11) is -7.79. The molecule has 0 heterocycles. The Morgan fingerprint density at radius 2 is 1.74 bits per heavy atom. The first-order chi connectivity index (χ1) is 10.5. The van der Waals surface area contributed by atoms with Gasteiger partial charge < -0.3 is 0 Å². The Balaban J connectivity index is 2.49. The van der Waals surface area contributed by atoms with Crippen LogP contribution in [0.15, 0.2) is 50.7 Å². The van der Waals surface area contributed by atoms with Gasteiger partial charge in [0, 0.05) is 10.7 Å². The molecule has 0 aliphatic carbocycles. The maximum Gasteiger partial charge on any atom is 0.263 e. The van der Waals surface area contributed by atoms with Gasteiger partial charge in [0.2, 0.25) is 0 Å². The lowest BCUT2D eigenvalue weighted by Gasteiger charge is -2.11. The maximum absolute atomic E-state index is 13.8. The van der Waals surface area contributed by atoms with Crippen LogP contribution in [0, 0.1) is 5.82 Å². The molecule has 124 valence electrons. The first-order valence-corrected chi connectivity index (χ1v) is 10.5. The molecule has 0 saturated carbocycles. The highest BCUT2D eigenvalue weighted by Gasteiger charge is 2.21. The molecule has 0 aromatic heterocycles. The topological polar surface area (TPSA) is 80.3 Å². The molecule has 0 atom stereocenters. The summed E-state index contributed by atoms with van der Waals surface area (Å²) in [6.07, 6.45) is 0.935. The first kappa shape index (κ1) is 18.2. The Morgan fingerprint density at radius 3 is 2.30 bits per heavy atom. The van der Waals surface area contributed by atoms with Crippen LogP contribution in [-0.2, 0) is 19.9 Å². The fraction of sp³-hybridized carbons (Fsp3) is 0.0769. The van der Waals surface area contributed by atoms with Gasteiger partial charge in [-0.25, -0.2) is 21.2 Å². The zero-order valence-corrected chi connectivity index (χ0v) is 15.5. The van der Waals surface area contributed by atoms with Gasteiger partial charge in [-0.05, 0) is 36.4 Å². The number of hydrogen-bond acceptors (Lipinski definition) is 4. The molecule has 23 heavy (non-hydrogen) atoms. The molecule has 5 nitrogen and oxygen atoms in total. The second-order valence-corrected chi connectivity index (χ2v) is 9.58. The Labute approximate surface area is 146 Å². The molecule has 0 aliphatic heterocycles. The van der Waals surface area contributed by atoms with Crippen LogP contribution in [0.3, 0.4) is 0 Å². The average Bonchev–Trinajstić information content (AvgIpc) is 2.39. The number of benzene rings is 2. The number of anilines is 1. The molecular weight excluding hydrogens is 433 g/mol. The van der Waals surface area contributed by atoms with Crippen molar-refractivity contribution in [2.45, 2.75) is 9.79 Å². The SMILES string of the molecule is CS(=O)(=O)c1ccc(F)c(NS(=O)(=O)c2ccc(Br)cc2Cl)c1. The third-order valence-corrected chi connectivity index (χ3v) is 6.25. The van der Waals surface area contributed by atoms with E-state index in [9.17, 15) is 21.2 Å². The second kappa shape index (κ2) is 6.39. The van der Waals surface area contributed by atoms with Gasteiger partial charge in [0.25, 0.3) is 10.0 Å². The van der Waals surface area contributed by atoms with E-state index in [1.807, 2.05) is 4.72 Å². The van der Waals surface area contributed by atoms with Crippen LogP contribution in [0.1, 0.15) is 0 Å². The highest BCUT2D eigenvalue weighted by molar-refractivity contribution is 9.10. The molecule has 2 aromatic carbocycles. The normalized spacial score (nSPS) is 12.2. The number of hydrogen-bond donors (Lipinski definition) is 1. The third-order valence-electron chi connectivity index (χ3n) is 2.79. The predicted octanol–water partition coefficient (Wildman–Crippen LogP) is 3.45. The summed E-state index contributed by atoms with van der Waals surface area (Å²) in [4.78, 5) is -0.468. The third kappa shape index (κ3) is 4.23. The molecule has 0 amide bonds. The van der Waals surface area contributed by atoms with Gasteiger partial charge in [0.05, 0.1) is 15.6 Å². The van der Waals surface area contributed by atoms with Gasteiger partial charge in [0.1, 0.15) is 10.7 Å². The van der Waals surface area contributed by atoms with E-state index in [0.29, 0.717) is 4.47 Å². The maximum atomic E-state index is 13.8. The zero-order valence-electron chi connectivity index (χ0n) is 11.5. The van der Waals surface area contributed by atoms with Crippen LogP contribution in [0.2, 0.25) is 5.02 Å². The Kier molecular flexibility index (Phi) is 5.05. The Hall–Kier alpha value is -1.16. The van der Waals surface area contributed by atoms with Gasteiger partial charge in [0.15, 0.2) is 9.84 Å².